The summed E-state index contributed by atoms with van der Waals surface area (Å²) >= 11 is 0. The van der Waals surface area contributed by atoms with Crippen molar-refractivity contribution < 1.29 is 14.6 Å². The minimum absolute atomic E-state index is 0.246. The van der Waals surface area contributed by atoms with Crippen molar-refractivity contribution >= 4 is 5.97 Å². The first kappa shape index (κ1) is 13.6. The van der Waals surface area contributed by atoms with E-state index in [9.17, 15) is 4.79 Å². The maximum absolute atomic E-state index is 10.8. The summed E-state index contributed by atoms with van der Waals surface area (Å²) in [5.74, 6) is -0.166. The van der Waals surface area contributed by atoms with Gasteiger partial charge in [-0.1, -0.05) is 20.8 Å². The predicted octanol–water partition coefficient (Wildman–Crippen LogP) is 3.51. The maximum Gasteiger partial charge on any atom is 0.335 e. The van der Waals surface area contributed by atoms with Crippen LogP contribution < -0.4 is 4.74 Å². The fourth-order valence-corrected chi connectivity index (χ4v) is 1.44. The van der Waals surface area contributed by atoms with Gasteiger partial charge in [-0.25, -0.2) is 4.79 Å². The van der Waals surface area contributed by atoms with Crippen LogP contribution in [0.2, 0.25) is 0 Å². The molecule has 0 radical (unpaired) electrons. The van der Waals surface area contributed by atoms with Crippen molar-refractivity contribution in [2.75, 3.05) is 6.61 Å². The summed E-state index contributed by atoms with van der Waals surface area (Å²) in [4.78, 5) is 10.8. The first-order valence-electron chi connectivity index (χ1n) is 5.76. The molecule has 3 heteroatoms. The Morgan fingerprint density at radius 3 is 2.47 bits per heavy atom. The lowest BCUT2D eigenvalue weighted by atomic mass is 9.93. The molecule has 94 valence electrons. The van der Waals surface area contributed by atoms with Crippen molar-refractivity contribution in [3.8, 4) is 5.75 Å². The van der Waals surface area contributed by atoms with Crippen molar-refractivity contribution in [3.63, 3.8) is 0 Å². The van der Waals surface area contributed by atoms with E-state index in [4.69, 9.17) is 9.84 Å². The zero-order valence-electron chi connectivity index (χ0n) is 10.9. The van der Waals surface area contributed by atoms with E-state index in [-0.39, 0.29) is 5.41 Å². The summed E-state index contributed by atoms with van der Waals surface area (Å²) in [6, 6.07) is 5.06. The lowest BCUT2D eigenvalue weighted by Gasteiger charge is -2.18. The van der Waals surface area contributed by atoms with E-state index in [0.717, 1.165) is 17.7 Å². The number of hydrogen-bond acceptors (Lipinski definition) is 2. The van der Waals surface area contributed by atoms with E-state index < -0.39 is 5.97 Å². The van der Waals surface area contributed by atoms with Crippen LogP contribution in [0, 0.1) is 12.3 Å². The zero-order chi connectivity index (χ0) is 13.1. The average Bonchev–Trinajstić information content (AvgIpc) is 2.15. The van der Waals surface area contributed by atoms with Crippen LogP contribution in [0.1, 0.15) is 43.1 Å². The number of carboxylic acid groups (broad SMARTS) is 1. The van der Waals surface area contributed by atoms with Gasteiger partial charge in [0.2, 0.25) is 0 Å². The molecule has 17 heavy (non-hydrogen) atoms. The lowest BCUT2D eigenvalue weighted by Crippen LogP contribution is -2.11. The zero-order valence-corrected chi connectivity index (χ0v) is 10.9. The normalized spacial score (nSPS) is 11.3. The Morgan fingerprint density at radius 1 is 1.35 bits per heavy atom. The maximum atomic E-state index is 10.8. The van der Waals surface area contributed by atoms with Gasteiger partial charge in [-0.2, -0.15) is 0 Å². The van der Waals surface area contributed by atoms with Crippen molar-refractivity contribution in [2.24, 2.45) is 5.41 Å². The largest absolute Gasteiger partial charge is 0.494 e. The van der Waals surface area contributed by atoms with Gasteiger partial charge >= 0.3 is 5.97 Å². The smallest absolute Gasteiger partial charge is 0.335 e. The van der Waals surface area contributed by atoms with Crippen molar-refractivity contribution in [3.05, 3.63) is 29.3 Å². The van der Waals surface area contributed by atoms with Gasteiger partial charge < -0.3 is 9.84 Å². The molecule has 0 aliphatic rings. The molecule has 0 saturated heterocycles. The minimum Gasteiger partial charge on any atom is -0.494 e. The highest BCUT2D eigenvalue weighted by atomic mass is 16.5. The molecule has 0 aromatic heterocycles. The second kappa shape index (κ2) is 5.21. The van der Waals surface area contributed by atoms with Gasteiger partial charge in [0.15, 0.2) is 0 Å². The summed E-state index contributed by atoms with van der Waals surface area (Å²) in [6.45, 7) is 8.91. The highest BCUT2D eigenvalue weighted by Gasteiger charge is 2.11. The second-order valence-corrected chi connectivity index (χ2v) is 5.44. The summed E-state index contributed by atoms with van der Waals surface area (Å²) in [7, 11) is 0. The number of benzene rings is 1. The molecule has 1 aromatic carbocycles. The van der Waals surface area contributed by atoms with E-state index in [1.807, 2.05) is 0 Å². The summed E-state index contributed by atoms with van der Waals surface area (Å²) < 4.78 is 5.60. The summed E-state index contributed by atoms with van der Waals surface area (Å²) in [5.41, 5.74) is 1.30. The molecule has 3 nitrogen and oxygen atoms in total. The molecule has 0 amide bonds. The molecule has 0 aliphatic heterocycles. The Morgan fingerprint density at radius 2 is 2.00 bits per heavy atom. The Kier molecular flexibility index (Phi) is 4.16. The van der Waals surface area contributed by atoms with E-state index in [0.29, 0.717) is 12.2 Å². The molecule has 0 fully saturated rings. The van der Waals surface area contributed by atoms with Gasteiger partial charge in [-0.05, 0) is 42.5 Å². The van der Waals surface area contributed by atoms with Crippen LogP contribution in [0.15, 0.2) is 18.2 Å². The number of carboxylic acids is 1. The van der Waals surface area contributed by atoms with Gasteiger partial charge in [0.1, 0.15) is 5.75 Å². The molecular weight excluding hydrogens is 216 g/mol. The van der Waals surface area contributed by atoms with Crippen molar-refractivity contribution in [1.82, 2.24) is 0 Å². The van der Waals surface area contributed by atoms with Crippen LogP contribution in [-0.4, -0.2) is 17.7 Å². The van der Waals surface area contributed by atoms with Gasteiger partial charge in [-0.3, -0.25) is 0 Å². The molecule has 0 spiro atoms. The van der Waals surface area contributed by atoms with E-state index in [1.54, 1.807) is 25.1 Å². The Bertz CT molecular complexity index is 402. The van der Waals surface area contributed by atoms with Crippen LogP contribution in [-0.2, 0) is 0 Å². The highest BCUT2D eigenvalue weighted by molar-refractivity contribution is 5.89. The first-order valence-corrected chi connectivity index (χ1v) is 5.76. The predicted molar refractivity (Wildman–Crippen MR) is 67.7 cm³/mol. The average molecular weight is 236 g/mol. The molecule has 0 bridgehead atoms. The third-order valence-corrected chi connectivity index (χ3v) is 2.55. The minimum atomic E-state index is -0.899. The number of ether oxygens (including phenoxy) is 1. The second-order valence-electron chi connectivity index (χ2n) is 5.44. The van der Waals surface area contributed by atoms with Crippen LogP contribution in [0.4, 0.5) is 0 Å². The molecule has 0 aliphatic carbocycles. The molecule has 0 saturated carbocycles. The summed E-state index contributed by atoms with van der Waals surface area (Å²) in [6.07, 6.45) is 0.965. The molecule has 1 rings (SSSR count). The number of rotatable bonds is 4. The Labute approximate surface area is 102 Å². The standard InChI is InChI=1S/C14H20O3/c1-10-9-11(5-6-12(10)13(15)16)17-8-7-14(2,3)4/h5-6,9H,7-8H2,1-4H3,(H,15,16). The van der Waals surface area contributed by atoms with Crippen LogP contribution in [0.5, 0.6) is 5.75 Å². The SMILES string of the molecule is Cc1cc(OCCC(C)(C)C)ccc1C(=O)O. The molecule has 1 aromatic rings. The van der Waals surface area contributed by atoms with Gasteiger partial charge in [0, 0.05) is 0 Å². The molecule has 0 heterocycles. The van der Waals surface area contributed by atoms with Crippen LogP contribution in [0.25, 0.3) is 0 Å². The number of carbonyl (C=O) groups is 1. The fraction of sp³-hybridized carbons (Fsp3) is 0.500. The third-order valence-electron chi connectivity index (χ3n) is 2.55. The first-order chi connectivity index (χ1) is 7.79. The van der Waals surface area contributed by atoms with Crippen LogP contribution in [0.3, 0.4) is 0 Å². The number of aryl methyl sites for hydroxylation is 1. The lowest BCUT2D eigenvalue weighted by molar-refractivity contribution is 0.0696. The number of aromatic carboxylic acids is 1. The highest BCUT2D eigenvalue weighted by Crippen LogP contribution is 2.21. The van der Waals surface area contributed by atoms with E-state index in [2.05, 4.69) is 20.8 Å². The van der Waals surface area contributed by atoms with Crippen molar-refractivity contribution in [1.29, 1.82) is 0 Å². The monoisotopic (exact) mass is 236 g/mol. The quantitative estimate of drug-likeness (QED) is 0.870. The molecule has 0 atom stereocenters. The van der Waals surface area contributed by atoms with Gasteiger partial charge in [0.05, 0.1) is 12.2 Å². The molecule has 0 unspecified atom stereocenters. The molecular formula is C14H20O3. The van der Waals surface area contributed by atoms with Crippen molar-refractivity contribution in [2.45, 2.75) is 34.1 Å². The fourth-order valence-electron chi connectivity index (χ4n) is 1.44. The van der Waals surface area contributed by atoms with Gasteiger partial charge in [-0.15, -0.1) is 0 Å². The van der Waals surface area contributed by atoms with Crippen LogP contribution >= 0.6 is 0 Å². The molecule has 1 N–H and O–H groups in total. The topological polar surface area (TPSA) is 46.5 Å². The third kappa shape index (κ3) is 4.47. The Hall–Kier alpha value is -1.51. The van der Waals surface area contributed by atoms with E-state index >= 15 is 0 Å². The van der Waals surface area contributed by atoms with Gasteiger partial charge in [0.25, 0.3) is 0 Å². The van der Waals surface area contributed by atoms with E-state index in [1.165, 1.54) is 0 Å². The number of hydrogen-bond donors (Lipinski definition) is 1. The summed E-state index contributed by atoms with van der Waals surface area (Å²) in [5, 5.41) is 8.90. The Balaban J connectivity index is 2.62.